The van der Waals surface area contributed by atoms with Gasteiger partial charge in [0.05, 0.1) is 16.8 Å². The molecular weight excluding hydrogens is 847 g/mol. The van der Waals surface area contributed by atoms with E-state index in [0.717, 1.165) is 39.3 Å². The van der Waals surface area contributed by atoms with Gasteiger partial charge in [-0.2, -0.15) is 0 Å². The van der Waals surface area contributed by atoms with Crippen LogP contribution in [0.4, 0.5) is 17.1 Å². The smallest absolute Gasteiger partial charge is 0.193 e. The number of hydrogen-bond acceptors (Lipinski definition) is 2. The van der Waals surface area contributed by atoms with Gasteiger partial charge in [0, 0.05) is 16.8 Å². The lowest BCUT2D eigenvalue weighted by Crippen LogP contribution is -2.42. The Morgan fingerprint density at radius 1 is 0.343 bits per heavy atom. The number of carbonyl (C=O) groups is 1. The molecule has 0 saturated heterocycles. The summed E-state index contributed by atoms with van der Waals surface area (Å²) in [5, 5.41) is 11.2. The lowest BCUT2D eigenvalue weighted by atomic mass is 9.57. The Morgan fingerprint density at radius 3 is 0.986 bits per heavy atom. The highest BCUT2D eigenvalue weighted by atomic mass is 16.1. The van der Waals surface area contributed by atoms with Crippen molar-refractivity contribution in [2.75, 3.05) is 4.90 Å². The van der Waals surface area contributed by atoms with Crippen LogP contribution in [0.15, 0.2) is 176 Å². The van der Waals surface area contributed by atoms with Crippen molar-refractivity contribution in [3.05, 3.63) is 232 Å². The monoisotopic (exact) mass is 912 g/mol. The average molecular weight is 912 g/mol. The van der Waals surface area contributed by atoms with Crippen LogP contribution in [0.3, 0.4) is 0 Å². The Kier molecular flexibility index (Phi) is 10.2. The summed E-state index contributed by atoms with van der Waals surface area (Å²) >= 11 is 0. The molecule has 2 nitrogen and oxygen atoms in total. The number of nitrogens with zero attached hydrogens (tertiary/aromatic N) is 1. The van der Waals surface area contributed by atoms with Crippen LogP contribution >= 0.6 is 0 Å². The summed E-state index contributed by atoms with van der Waals surface area (Å²) in [6, 6.07) is 63.8. The van der Waals surface area contributed by atoms with Crippen LogP contribution in [0.2, 0.25) is 0 Å². The summed E-state index contributed by atoms with van der Waals surface area (Å²) in [7, 11) is 0. The van der Waals surface area contributed by atoms with Crippen molar-refractivity contribution < 1.29 is 4.79 Å². The minimum Gasteiger partial charge on any atom is -0.310 e. The van der Waals surface area contributed by atoms with Crippen molar-refractivity contribution >= 4 is 65.9 Å². The largest absolute Gasteiger partial charge is 0.310 e. The molecule has 10 aromatic rings. The van der Waals surface area contributed by atoms with Gasteiger partial charge in [-0.05, 0) is 158 Å². The molecule has 2 heteroatoms. The molecule has 0 unspecified atom stereocenters. The fourth-order valence-corrected chi connectivity index (χ4v) is 11.6. The van der Waals surface area contributed by atoms with E-state index in [1.165, 1.54) is 76.5 Å². The number of carbonyl (C=O) groups excluding carboxylic acids is 1. The van der Waals surface area contributed by atoms with Gasteiger partial charge < -0.3 is 4.90 Å². The van der Waals surface area contributed by atoms with Crippen molar-refractivity contribution in [2.24, 2.45) is 0 Å². The SMILES string of the molecule is CC(C)(C)c1cc2cc(C(C)(C)C)cc3c4cc(C(C)(C)C)cc5cc(C(C)(C)C)cc(c(c1)c23)c54.O=C1c2ccccc2C2(c3ccccc31)c1ccccc1N(c1ccccc1)c1ccccc12. The topological polar surface area (TPSA) is 20.3 Å². The van der Waals surface area contributed by atoms with E-state index in [0.29, 0.717) is 0 Å². The molecule has 2 aliphatic rings. The van der Waals surface area contributed by atoms with Crippen LogP contribution in [-0.2, 0) is 27.1 Å². The van der Waals surface area contributed by atoms with Crippen LogP contribution in [-0.4, -0.2) is 5.78 Å². The Bertz CT molecular complexity index is 3370. The Balaban J connectivity index is 0.000000153. The Hall–Kier alpha value is -7.03. The first-order valence-corrected chi connectivity index (χ1v) is 25.2. The standard InChI is InChI=1S/C36H44.C32H21NO/c1-33(2,3)23-13-21-14-24(34(4,5)6)19-29-30-20-26(36(10,11)12)16-22-15-25(35(7,8)9)18-28(32(22)30)27(17-23)31(21)29;34-31-23-14-4-6-16-25(23)32(26-17-7-5-15-24(26)31)27-18-8-10-20-29(27)33(22-12-2-1-3-13-22)30-21-11-9-19-28(30)32/h13-20H,1-12H3;1-21H. The Labute approximate surface area is 415 Å². The van der Waals surface area contributed by atoms with E-state index in [9.17, 15) is 4.79 Å². The van der Waals surface area contributed by atoms with E-state index in [-0.39, 0.29) is 27.4 Å². The molecule has 0 N–H and O–H groups in total. The minimum atomic E-state index is -0.584. The van der Waals surface area contributed by atoms with Crippen LogP contribution in [0.5, 0.6) is 0 Å². The van der Waals surface area contributed by atoms with Gasteiger partial charge >= 0.3 is 0 Å². The van der Waals surface area contributed by atoms with E-state index >= 15 is 0 Å². The zero-order chi connectivity index (χ0) is 49.3. The van der Waals surface area contributed by atoms with Gasteiger partial charge in [0.1, 0.15) is 0 Å². The fraction of sp³-hybridized carbons (Fsp3) is 0.250. The normalized spacial score (nSPS) is 14.4. The van der Waals surface area contributed by atoms with E-state index in [1.54, 1.807) is 0 Å². The quantitative estimate of drug-likeness (QED) is 0.121. The van der Waals surface area contributed by atoms with E-state index < -0.39 is 5.41 Å². The summed E-state index contributed by atoms with van der Waals surface area (Å²) in [4.78, 5) is 16.0. The second kappa shape index (κ2) is 15.7. The minimum absolute atomic E-state index is 0.0830. The Morgan fingerprint density at radius 2 is 0.643 bits per heavy atom. The molecule has 1 aliphatic heterocycles. The summed E-state index contributed by atoms with van der Waals surface area (Å²) in [5.41, 5.74) is 14.8. The third kappa shape index (κ3) is 7.00. The van der Waals surface area contributed by atoms with Crippen molar-refractivity contribution in [3.8, 4) is 0 Å². The van der Waals surface area contributed by atoms with Crippen molar-refractivity contribution in [3.63, 3.8) is 0 Å². The van der Waals surface area contributed by atoms with E-state index in [1.807, 2.05) is 30.3 Å². The highest BCUT2D eigenvalue weighted by molar-refractivity contribution is 6.33. The first-order valence-electron chi connectivity index (χ1n) is 25.2. The maximum absolute atomic E-state index is 13.6. The lowest BCUT2D eigenvalue weighted by molar-refractivity contribution is 0.103. The number of ketones is 1. The fourth-order valence-electron chi connectivity index (χ4n) is 11.6. The molecule has 0 aromatic heterocycles. The second-order valence-electron chi connectivity index (χ2n) is 24.2. The van der Waals surface area contributed by atoms with Gasteiger partial charge in [0.15, 0.2) is 5.78 Å². The van der Waals surface area contributed by atoms with Crippen molar-refractivity contribution in [2.45, 2.75) is 110 Å². The molecule has 1 heterocycles. The zero-order valence-electron chi connectivity index (χ0n) is 43.1. The number of hydrogen-bond donors (Lipinski definition) is 0. The third-order valence-electron chi connectivity index (χ3n) is 15.4. The van der Waals surface area contributed by atoms with Gasteiger partial charge in [0.2, 0.25) is 0 Å². The molecular formula is C68H65NO. The number of benzene rings is 10. The van der Waals surface area contributed by atoms with Crippen LogP contribution in [0.25, 0.3) is 43.1 Å². The maximum atomic E-state index is 13.6. The number of rotatable bonds is 1. The van der Waals surface area contributed by atoms with Crippen LogP contribution in [0.1, 0.15) is 144 Å². The first-order chi connectivity index (χ1) is 33.2. The number of fused-ring (bicyclic) bond motifs is 10. The summed E-state index contributed by atoms with van der Waals surface area (Å²) in [5.74, 6) is 0.0947. The number of para-hydroxylation sites is 3. The maximum Gasteiger partial charge on any atom is 0.193 e. The molecule has 1 aliphatic carbocycles. The summed E-state index contributed by atoms with van der Waals surface area (Å²) < 4.78 is 0. The van der Waals surface area contributed by atoms with Crippen LogP contribution < -0.4 is 4.90 Å². The molecule has 70 heavy (non-hydrogen) atoms. The van der Waals surface area contributed by atoms with E-state index in [2.05, 4.69) is 234 Å². The van der Waals surface area contributed by atoms with Crippen LogP contribution in [0, 0.1) is 0 Å². The molecule has 0 bridgehead atoms. The molecule has 1 spiro atoms. The molecule has 0 atom stereocenters. The van der Waals surface area contributed by atoms with E-state index in [4.69, 9.17) is 0 Å². The summed E-state index contributed by atoms with van der Waals surface area (Å²) in [6.45, 7) is 28.0. The molecule has 0 radical (unpaired) electrons. The molecule has 0 saturated carbocycles. The predicted molar refractivity (Wildman–Crippen MR) is 299 cm³/mol. The second-order valence-corrected chi connectivity index (χ2v) is 24.2. The van der Waals surface area contributed by atoms with Gasteiger partial charge in [-0.15, -0.1) is 0 Å². The third-order valence-corrected chi connectivity index (χ3v) is 15.4. The number of anilines is 3. The predicted octanol–water partition coefficient (Wildman–Crippen LogP) is 18.3. The highest BCUT2D eigenvalue weighted by Crippen LogP contribution is 2.60. The van der Waals surface area contributed by atoms with Crippen molar-refractivity contribution in [1.82, 2.24) is 0 Å². The summed E-state index contributed by atoms with van der Waals surface area (Å²) in [6.07, 6.45) is 0. The zero-order valence-corrected chi connectivity index (χ0v) is 43.1. The van der Waals surface area contributed by atoms with Gasteiger partial charge in [0.25, 0.3) is 0 Å². The first kappa shape index (κ1) is 45.4. The lowest BCUT2D eigenvalue weighted by Gasteiger charge is -2.48. The van der Waals surface area contributed by atoms with Crippen molar-refractivity contribution in [1.29, 1.82) is 0 Å². The highest BCUT2D eigenvalue weighted by Gasteiger charge is 2.51. The molecule has 0 amide bonds. The molecule has 10 aromatic carbocycles. The molecule has 12 rings (SSSR count). The van der Waals surface area contributed by atoms with Gasteiger partial charge in [-0.25, -0.2) is 0 Å². The average Bonchev–Trinajstić information content (AvgIpc) is 3.33. The van der Waals surface area contributed by atoms with Gasteiger partial charge in [-0.1, -0.05) is 210 Å². The molecule has 348 valence electrons. The van der Waals surface area contributed by atoms with Gasteiger partial charge in [-0.3, -0.25) is 4.79 Å². The molecule has 0 fully saturated rings.